The molecule has 4 nitrogen and oxygen atoms in total. The number of nitrogens with one attached hydrogen (secondary N) is 1. The van der Waals surface area contributed by atoms with Crippen LogP contribution >= 0.6 is 0 Å². The summed E-state index contributed by atoms with van der Waals surface area (Å²) >= 11 is 0. The first kappa shape index (κ1) is 15.8. The Balaban J connectivity index is 1.78. The second kappa shape index (κ2) is 7.46. The number of rotatable bonds is 4. The van der Waals surface area contributed by atoms with Gasteiger partial charge in [-0.25, -0.2) is 4.79 Å². The van der Waals surface area contributed by atoms with Crippen LogP contribution in [-0.2, 0) is 11.2 Å². The number of likely N-dealkylation sites (tertiary alicyclic amines) is 1. The van der Waals surface area contributed by atoms with Crippen LogP contribution in [0.2, 0.25) is 0 Å². The van der Waals surface area contributed by atoms with Crippen LogP contribution in [0.15, 0.2) is 24.3 Å². The highest BCUT2D eigenvalue weighted by Crippen LogP contribution is 2.14. The first-order valence-electron chi connectivity index (χ1n) is 7.73. The lowest BCUT2D eigenvalue weighted by Crippen LogP contribution is -2.47. The van der Waals surface area contributed by atoms with E-state index in [0.717, 1.165) is 32.4 Å². The predicted octanol–water partition coefficient (Wildman–Crippen LogP) is 2.75. The number of piperidine rings is 1. The molecule has 1 saturated heterocycles. The Kier molecular flexibility index (Phi) is 5.62. The molecule has 2 rings (SSSR count). The lowest BCUT2D eigenvalue weighted by molar-refractivity contribution is 0.109. The molecule has 1 fully saturated rings. The largest absolute Gasteiger partial charge is 0.453 e. The van der Waals surface area contributed by atoms with E-state index in [9.17, 15) is 4.79 Å². The standard InChI is InChI=1S/C17H26N2O2/c1-13-6-4-5-7-15(13)12-14(2)18-16-8-10-19(11-9-16)17(20)21-3/h4-7,14,16,18H,8-12H2,1-3H3/t14-/m1/s1. The summed E-state index contributed by atoms with van der Waals surface area (Å²) in [5.74, 6) is 0. The molecule has 1 atom stereocenters. The van der Waals surface area contributed by atoms with Crippen LogP contribution in [0.3, 0.4) is 0 Å². The van der Waals surface area contributed by atoms with Gasteiger partial charge in [-0.3, -0.25) is 0 Å². The van der Waals surface area contributed by atoms with Gasteiger partial charge in [0.15, 0.2) is 0 Å². The van der Waals surface area contributed by atoms with Crippen molar-refractivity contribution in [3.63, 3.8) is 0 Å². The van der Waals surface area contributed by atoms with Crippen molar-refractivity contribution in [1.82, 2.24) is 10.2 Å². The van der Waals surface area contributed by atoms with Crippen LogP contribution in [0.1, 0.15) is 30.9 Å². The average molecular weight is 290 g/mol. The van der Waals surface area contributed by atoms with E-state index in [4.69, 9.17) is 4.74 Å². The van der Waals surface area contributed by atoms with E-state index in [-0.39, 0.29) is 6.09 Å². The zero-order valence-corrected chi connectivity index (χ0v) is 13.3. The van der Waals surface area contributed by atoms with Gasteiger partial charge in [-0.15, -0.1) is 0 Å². The van der Waals surface area contributed by atoms with Crippen molar-refractivity contribution in [2.24, 2.45) is 0 Å². The van der Waals surface area contributed by atoms with Crippen LogP contribution in [0.4, 0.5) is 4.79 Å². The molecule has 21 heavy (non-hydrogen) atoms. The molecule has 1 aliphatic heterocycles. The fourth-order valence-corrected chi connectivity index (χ4v) is 2.99. The quantitative estimate of drug-likeness (QED) is 0.927. The van der Waals surface area contributed by atoms with E-state index in [1.165, 1.54) is 18.2 Å². The molecule has 1 amide bonds. The lowest BCUT2D eigenvalue weighted by Gasteiger charge is -2.33. The van der Waals surface area contributed by atoms with Gasteiger partial charge in [0.2, 0.25) is 0 Å². The highest BCUT2D eigenvalue weighted by molar-refractivity contribution is 5.67. The van der Waals surface area contributed by atoms with Crippen LogP contribution < -0.4 is 5.32 Å². The maximum Gasteiger partial charge on any atom is 0.409 e. The number of carbonyl (C=O) groups excluding carboxylic acids is 1. The van der Waals surface area contributed by atoms with Crippen LogP contribution in [0.25, 0.3) is 0 Å². The predicted molar refractivity (Wildman–Crippen MR) is 84.5 cm³/mol. The molecule has 0 bridgehead atoms. The van der Waals surface area contributed by atoms with E-state index < -0.39 is 0 Å². The van der Waals surface area contributed by atoms with Gasteiger partial charge in [0.05, 0.1) is 7.11 Å². The van der Waals surface area contributed by atoms with Gasteiger partial charge in [-0.05, 0) is 44.2 Å². The number of amides is 1. The molecule has 1 aliphatic rings. The third kappa shape index (κ3) is 4.46. The molecule has 4 heteroatoms. The molecule has 0 aromatic heterocycles. The minimum absolute atomic E-state index is 0.207. The van der Waals surface area contributed by atoms with Gasteiger partial charge in [0.25, 0.3) is 0 Å². The van der Waals surface area contributed by atoms with Gasteiger partial charge in [0.1, 0.15) is 0 Å². The Labute approximate surface area is 127 Å². The van der Waals surface area contributed by atoms with Gasteiger partial charge < -0.3 is 15.0 Å². The molecule has 116 valence electrons. The first-order valence-corrected chi connectivity index (χ1v) is 7.73. The van der Waals surface area contributed by atoms with Gasteiger partial charge in [0, 0.05) is 25.2 Å². The lowest BCUT2D eigenvalue weighted by atomic mass is 9.99. The Bertz CT molecular complexity index is 468. The molecule has 1 heterocycles. The SMILES string of the molecule is COC(=O)N1CCC(N[C@H](C)Cc2ccccc2C)CC1. The zero-order chi connectivity index (χ0) is 15.2. The van der Waals surface area contributed by atoms with E-state index in [1.807, 2.05) is 0 Å². The smallest absolute Gasteiger partial charge is 0.409 e. The van der Waals surface area contributed by atoms with E-state index in [2.05, 4.69) is 43.4 Å². The summed E-state index contributed by atoms with van der Waals surface area (Å²) in [4.78, 5) is 13.2. The maximum atomic E-state index is 11.5. The number of hydrogen-bond acceptors (Lipinski definition) is 3. The molecule has 0 aliphatic carbocycles. The molecule has 0 radical (unpaired) electrons. The minimum Gasteiger partial charge on any atom is -0.453 e. The van der Waals surface area contributed by atoms with Gasteiger partial charge >= 0.3 is 6.09 Å². The van der Waals surface area contributed by atoms with Crippen molar-refractivity contribution in [2.45, 2.75) is 45.2 Å². The summed E-state index contributed by atoms with van der Waals surface area (Å²) in [7, 11) is 1.44. The number of nitrogens with zero attached hydrogens (tertiary/aromatic N) is 1. The Morgan fingerprint density at radius 1 is 1.38 bits per heavy atom. The first-order chi connectivity index (χ1) is 10.1. The Morgan fingerprint density at radius 3 is 2.67 bits per heavy atom. The van der Waals surface area contributed by atoms with Crippen LogP contribution in [0, 0.1) is 6.92 Å². The molecule has 1 N–H and O–H groups in total. The Hall–Kier alpha value is -1.55. The number of aryl methyl sites for hydroxylation is 1. The molecule has 0 saturated carbocycles. The molecular weight excluding hydrogens is 264 g/mol. The molecule has 0 unspecified atom stereocenters. The van der Waals surface area contributed by atoms with Crippen molar-refractivity contribution in [2.75, 3.05) is 20.2 Å². The van der Waals surface area contributed by atoms with Crippen molar-refractivity contribution in [3.8, 4) is 0 Å². The van der Waals surface area contributed by atoms with Crippen molar-refractivity contribution < 1.29 is 9.53 Å². The number of ether oxygens (including phenoxy) is 1. The summed E-state index contributed by atoms with van der Waals surface area (Å²) in [5.41, 5.74) is 2.76. The third-order valence-corrected chi connectivity index (χ3v) is 4.24. The molecule has 0 spiro atoms. The highest BCUT2D eigenvalue weighted by atomic mass is 16.5. The summed E-state index contributed by atoms with van der Waals surface area (Å²) in [6.07, 6.45) is 2.83. The van der Waals surface area contributed by atoms with Gasteiger partial charge in [-0.1, -0.05) is 24.3 Å². The van der Waals surface area contributed by atoms with E-state index >= 15 is 0 Å². The zero-order valence-electron chi connectivity index (χ0n) is 13.3. The fourth-order valence-electron chi connectivity index (χ4n) is 2.99. The third-order valence-electron chi connectivity index (χ3n) is 4.24. The topological polar surface area (TPSA) is 41.6 Å². The normalized spacial score (nSPS) is 17.6. The van der Waals surface area contributed by atoms with Crippen molar-refractivity contribution in [3.05, 3.63) is 35.4 Å². The number of methoxy groups -OCH3 is 1. The second-order valence-electron chi connectivity index (χ2n) is 5.93. The molecule has 1 aromatic rings. The number of carbonyl (C=O) groups is 1. The minimum atomic E-state index is -0.207. The monoisotopic (exact) mass is 290 g/mol. The summed E-state index contributed by atoms with van der Waals surface area (Å²) in [5, 5.41) is 3.69. The number of benzene rings is 1. The molecule has 1 aromatic carbocycles. The van der Waals surface area contributed by atoms with Crippen LogP contribution in [-0.4, -0.2) is 43.3 Å². The summed E-state index contributed by atoms with van der Waals surface area (Å²) in [6.45, 7) is 5.96. The summed E-state index contributed by atoms with van der Waals surface area (Å²) in [6, 6.07) is 9.49. The average Bonchev–Trinajstić information content (AvgIpc) is 2.49. The van der Waals surface area contributed by atoms with E-state index in [0.29, 0.717) is 12.1 Å². The fraction of sp³-hybridized carbons (Fsp3) is 0.588. The molecular formula is C17H26N2O2. The highest BCUT2D eigenvalue weighted by Gasteiger charge is 2.23. The van der Waals surface area contributed by atoms with Crippen molar-refractivity contribution >= 4 is 6.09 Å². The van der Waals surface area contributed by atoms with Gasteiger partial charge in [-0.2, -0.15) is 0 Å². The van der Waals surface area contributed by atoms with Crippen molar-refractivity contribution in [1.29, 1.82) is 0 Å². The number of hydrogen-bond donors (Lipinski definition) is 1. The van der Waals surface area contributed by atoms with E-state index in [1.54, 1.807) is 4.90 Å². The second-order valence-corrected chi connectivity index (χ2v) is 5.93. The maximum absolute atomic E-state index is 11.5. The van der Waals surface area contributed by atoms with Crippen LogP contribution in [0.5, 0.6) is 0 Å². The summed E-state index contributed by atoms with van der Waals surface area (Å²) < 4.78 is 4.76. The Morgan fingerprint density at radius 2 is 2.05 bits per heavy atom.